The molecule has 4 heteroatoms. The molecule has 0 bridgehead atoms. The zero-order valence-electron chi connectivity index (χ0n) is 6.98. The summed E-state index contributed by atoms with van der Waals surface area (Å²) in [6.45, 7) is 3.47. The molecule has 3 nitrogen and oxygen atoms in total. The Morgan fingerprint density at radius 1 is 1.50 bits per heavy atom. The summed E-state index contributed by atoms with van der Waals surface area (Å²) in [5.41, 5.74) is 1.18. The smallest absolute Gasteiger partial charge is 0.131 e. The fraction of sp³-hybridized carbons (Fsp3) is 0.250. The molecule has 0 spiro atoms. The predicted octanol–water partition coefficient (Wildman–Crippen LogP) is 1.77. The van der Waals surface area contributed by atoms with Crippen molar-refractivity contribution >= 4 is 17.4 Å². The number of pyridine rings is 1. The van der Waals surface area contributed by atoms with Gasteiger partial charge in [-0.1, -0.05) is 11.6 Å². The zero-order chi connectivity index (χ0) is 9.30. The molecule has 0 atom stereocenters. The van der Waals surface area contributed by atoms with E-state index in [9.17, 15) is 0 Å². The molecule has 64 valence electrons. The average molecular weight is 184 g/mol. The van der Waals surface area contributed by atoms with E-state index in [2.05, 4.69) is 0 Å². The van der Waals surface area contributed by atoms with E-state index in [-0.39, 0.29) is 11.3 Å². The minimum Gasteiger partial charge on any atom is -0.288 e. The van der Waals surface area contributed by atoms with Crippen LogP contribution in [-0.2, 0) is 0 Å². The molecule has 1 aromatic heterocycles. The van der Waals surface area contributed by atoms with Crippen LogP contribution in [0.4, 0.5) is 0 Å². The maximum Gasteiger partial charge on any atom is 0.131 e. The fourth-order valence-corrected chi connectivity index (χ4v) is 1.42. The van der Waals surface area contributed by atoms with Crippen LogP contribution in [0.25, 0.3) is 0 Å². The Balaban J connectivity index is 3.49. The largest absolute Gasteiger partial charge is 0.288 e. The van der Waals surface area contributed by atoms with Gasteiger partial charge in [0.15, 0.2) is 0 Å². The number of hydrogen-bond donors (Lipinski definition) is 2. The molecule has 0 saturated carbocycles. The monoisotopic (exact) mass is 183 g/mol. The first-order chi connectivity index (χ1) is 5.52. The van der Waals surface area contributed by atoms with Gasteiger partial charge in [-0.05, 0) is 31.5 Å². The molecular formula is C8H10ClN3. The summed E-state index contributed by atoms with van der Waals surface area (Å²) in [5, 5.41) is 15.3. The summed E-state index contributed by atoms with van der Waals surface area (Å²) in [6, 6.07) is 3.40. The second-order valence-electron chi connectivity index (χ2n) is 2.66. The summed E-state index contributed by atoms with van der Waals surface area (Å²) in [7, 11) is 0. The van der Waals surface area contributed by atoms with E-state index in [1.807, 2.05) is 6.92 Å². The van der Waals surface area contributed by atoms with Crippen LogP contribution >= 0.6 is 11.6 Å². The van der Waals surface area contributed by atoms with Crippen LogP contribution in [0.5, 0.6) is 0 Å². The third kappa shape index (κ3) is 1.56. The Morgan fingerprint density at radius 3 is 2.50 bits per heavy atom. The molecule has 12 heavy (non-hydrogen) atoms. The first-order valence-electron chi connectivity index (χ1n) is 3.51. The van der Waals surface area contributed by atoms with Gasteiger partial charge >= 0.3 is 0 Å². The first kappa shape index (κ1) is 9.00. The van der Waals surface area contributed by atoms with E-state index >= 15 is 0 Å². The van der Waals surface area contributed by atoms with Gasteiger partial charge < -0.3 is 0 Å². The van der Waals surface area contributed by atoms with Crippen LogP contribution in [0, 0.1) is 17.7 Å². The topological polar surface area (TPSA) is 52.6 Å². The summed E-state index contributed by atoms with van der Waals surface area (Å²) in [5.74, 6) is 0.255. The van der Waals surface area contributed by atoms with Crippen molar-refractivity contribution in [3.8, 4) is 0 Å². The lowest BCUT2D eigenvalue weighted by Crippen LogP contribution is -2.24. The quantitative estimate of drug-likeness (QED) is 0.350. The van der Waals surface area contributed by atoms with Gasteiger partial charge in [-0.25, -0.2) is 0 Å². The first-order valence-corrected chi connectivity index (χ1v) is 3.89. The van der Waals surface area contributed by atoms with Crippen molar-refractivity contribution in [2.45, 2.75) is 13.8 Å². The highest BCUT2D eigenvalue weighted by atomic mass is 35.5. The number of hydrogen-bond acceptors (Lipinski definition) is 2. The van der Waals surface area contributed by atoms with Crippen molar-refractivity contribution in [1.82, 2.24) is 4.57 Å². The Labute approximate surface area is 75.6 Å². The van der Waals surface area contributed by atoms with E-state index in [0.717, 1.165) is 5.56 Å². The molecule has 0 fully saturated rings. The van der Waals surface area contributed by atoms with Crippen molar-refractivity contribution in [2.75, 3.05) is 0 Å². The standard InChI is InChI=1S/C8H10ClN3/c1-5-3-7(9)12(6(2)10)8(11)4-5/h3-4,10-11H,1-2H3. The molecule has 0 unspecified atom stereocenters. The van der Waals surface area contributed by atoms with Gasteiger partial charge in [0.25, 0.3) is 0 Å². The molecule has 0 radical (unpaired) electrons. The molecule has 1 aromatic rings. The lowest BCUT2D eigenvalue weighted by atomic mass is 10.3. The normalized spacial score (nSPS) is 9.92. The molecule has 1 rings (SSSR count). The van der Waals surface area contributed by atoms with Gasteiger partial charge in [-0.3, -0.25) is 15.4 Å². The number of nitrogens with zero attached hydrogens (tertiary/aromatic N) is 1. The number of aromatic nitrogens is 1. The van der Waals surface area contributed by atoms with E-state index in [0.29, 0.717) is 5.15 Å². The van der Waals surface area contributed by atoms with E-state index in [1.165, 1.54) is 4.57 Å². The molecule has 0 aliphatic rings. The summed E-state index contributed by atoms with van der Waals surface area (Å²) < 4.78 is 1.37. The summed E-state index contributed by atoms with van der Waals surface area (Å²) >= 11 is 5.83. The minimum atomic E-state index is 0.243. The molecule has 0 saturated heterocycles. The van der Waals surface area contributed by atoms with E-state index in [4.69, 9.17) is 22.4 Å². The summed E-state index contributed by atoms with van der Waals surface area (Å²) in [4.78, 5) is 0. The Hall–Kier alpha value is -1.09. The average Bonchev–Trinajstić information content (AvgIpc) is 1.82. The van der Waals surface area contributed by atoms with Crippen LogP contribution < -0.4 is 5.49 Å². The SMILES string of the molecule is CC(=N)n1c(Cl)cc(C)cc1=N. The third-order valence-electron chi connectivity index (χ3n) is 1.50. The molecule has 0 aliphatic heterocycles. The van der Waals surface area contributed by atoms with Crippen molar-refractivity contribution in [3.05, 3.63) is 28.3 Å². The van der Waals surface area contributed by atoms with Gasteiger partial charge in [-0.2, -0.15) is 0 Å². The maximum atomic E-state index is 7.52. The molecule has 0 aliphatic carbocycles. The maximum absolute atomic E-state index is 7.52. The molecule has 2 N–H and O–H groups in total. The van der Waals surface area contributed by atoms with Crippen molar-refractivity contribution in [1.29, 1.82) is 10.8 Å². The van der Waals surface area contributed by atoms with Crippen LogP contribution in [0.15, 0.2) is 12.1 Å². The number of rotatable bonds is 0. The molecular weight excluding hydrogens is 174 g/mol. The highest BCUT2D eigenvalue weighted by Crippen LogP contribution is 2.07. The van der Waals surface area contributed by atoms with Gasteiger partial charge in [-0.15, -0.1) is 0 Å². The second kappa shape index (κ2) is 3.11. The van der Waals surface area contributed by atoms with Gasteiger partial charge in [0.2, 0.25) is 0 Å². The van der Waals surface area contributed by atoms with Crippen molar-refractivity contribution < 1.29 is 0 Å². The lowest BCUT2D eigenvalue weighted by molar-refractivity contribution is 0.951. The van der Waals surface area contributed by atoms with Crippen LogP contribution in [0.2, 0.25) is 5.15 Å². The van der Waals surface area contributed by atoms with Crippen LogP contribution in [0.1, 0.15) is 12.5 Å². The highest BCUT2D eigenvalue weighted by Gasteiger charge is 2.01. The van der Waals surface area contributed by atoms with Gasteiger partial charge in [0, 0.05) is 0 Å². The zero-order valence-corrected chi connectivity index (χ0v) is 7.74. The fourth-order valence-electron chi connectivity index (χ4n) is 1.03. The molecule has 0 amide bonds. The van der Waals surface area contributed by atoms with E-state index < -0.39 is 0 Å². The van der Waals surface area contributed by atoms with E-state index in [1.54, 1.807) is 19.1 Å². The Bertz CT molecular complexity index is 378. The Kier molecular flexibility index (Phi) is 2.33. The molecule has 1 heterocycles. The number of aryl methyl sites for hydroxylation is 1. The predicted molar refractivity (Wildman–Crippen MR) is 48.8 cm³/mol. The Morgan fingerprint density at radius 2 is 2.08 bits per heavy atom. The number of nitrogens with one attached hydrogen (secondary N) is 2. The van der Waals surface area contributed by atoms with Gasteiger partial charge in [0.05, 0.1) is 0 Å². The van der Waals surface area contributed by atoms with Crippen LogP contribution in [-0.4, -0.2) is 10.4 Å². The highest BCUT2D eigenvalue weighted by molar-refractivity contribution is 6.30. The summed E-state index contributed by atoms with van der Waals surface area (Å²) in [6.07, 6.45) is 0. The van der Waals surface area contributed by atoms with Crippen molar-refractivity contribution in [3.63, 3.8) is 0 Å². The van der Waals surface area contributed by atoms with Crippen LogP contribution in [0.3, 0.4) is 0 Å². The lowest BCUT2D eigenvalue weighted by Gasteiger charge is -2.07. The van der Waals surface area contributed by atoms with Gasteiger partial charge in [0.1, 0.15) is 16.5 Å². The molecule has 0 aromatic carbocycles. The second-order valence-corrected chi connectivity index (χ2v) is 3.05. The minimum absolute atomic E-state index is 0.243. The third-order valence-corrected chi connectivity index (χ3v) is 1.78. The van der Waals surface area contributed by atoms with Crippen molar-refractivity contribution in [2.24, 2.45) is 0 Å². The number of halogens is 1.